The Morgan fingerprint density at radius 2 is 2.00 bits per heavy atom. The number of nitrogens with zero attached hydrogens (tertiary/aromatic N) is 2. The first-order valence-corrected chi connectivity index (χ1v) is 10.2. The lowest BCUT2D eigenvalue weighted by atomic mass is 10.0. The van der Waals surface area contributed by atoms with E-state index >= 15 is 0 Å². The van der Waals surface area contributed by atoms with Crippen molar-refractivity contribution in [1.29, 1.82) is 0 Å². The summed E-state index contributed by atoms with van der Waals surface area (Å²) >= 11 is 1.13. The number of esters is 1. The summed E-state index contributed by atoms with van der Waals surface area (Å²) in [4.78, 5) is 42.3. The van der Waals surface area contributed by atoms with Gasteiger partial charge in [0.15, 0.2) is 0 Å². The van der Waals surface area contributed by atoms with Crippen molar-refractivity contribution < 1.29 is 14.3 Å². The summed E-state index contributed by atoms with van der Waals surface area (Å²) < 4.78 is 6.30. The van der Waals surface area contributed by atoms with Crippen molar-refractivity contribution in [1.82, 2.24) is 14.9 Å². The zero-order valence-corrected chi connectivity index (χ0v) is 17.4. The van der Waals surface area contributed by atoms with Gasteiger partial charge in [-0.25, -0.2) is 9.78 Å². The van der Waals surface area contributed by atoms with Crippen LogP contribution in [-0.2, 0) is 16.1 Å². The fraction of sp³-hybridized carbons (Fsp3) is 0.333. The lowest BCUT2D eigenvalue weighted by Crippen LogP contribution is -2.34. The first-order valence-electron chi connectivity index (χ1n) is 9.39. The first-order chi connectivity index (χ1) is 13.9. The summed E-state index contributed by atoms with van der Waals surface area (Å²) in [7, 11) is 0. The third-order valence-electron chi connectivity index (χ3n) is 4.67. The van der Waals surface area contributed by atoms with Crippen LogP contribution in [0.15, 0.2) is 41.5 Å². The summed E-state index contributed by atoms with van der Waals surface area (Å²) in [5, 5.41) is 3.21. The summed E-state index contributed by atoms with van der Waals surface area (Å²) in [6, 6.07) is 9.90. The van der Waals surface area contributed by atoms with Crippen molar-refractivity contribution in [3.05, 3.63) is 63.0 Å². The number of hydrogen-bond donors (Lipinski definition) is 1. The van der Waals surface area contributed by atoms with E-state index in [1.165, 1.54) is 10.9 Å². The highest BCUT2D eigenvalue weighted by molar-refractivity contribution is 7.20. The molecule has 0 aliphatic rings. The van der Waals surface area contributed by atoms with Crippen LogP contribution in [0, 0.1) is 6.92 Å². The molecule has 0 fully saturated rings. The molecular weight excluding hydrogens is 390 g/mol. The third-order valence-corrected chi connectivity index (χ3v) is 5.85. The normalized spacial score (nSPS) is 12.0. The van der Waals surface area contributed by atoms with Crippen LogP contribution in [0.2, 0.25) is 0 Å². The van der Waals surface area contributed by atoms with E-state index in [1.54, 1.807) is 13.8 Å². The summed E-state index contributed by atoms with van der Waals surface area (Å²) in [6.45, 7) is 6.04. The highest BCUT2D eigenvalue weighted by Gasteiger charge is 2.20. The topological polar surface area (TPSA) is 90.3 Å². The monoisotopic (exact) mass is 413 g/mol. The third kappa shape index (κ3) is 4.54. The Labute approximate surface area is 172 Å². The number of rotatable bonds is 7. The van der Waals surface area contributed by atoms with Gasteiger partial charge in [0.2, 0.25) is 5.91 Å². The van der Waals surface area contributed by atoms with Crippen LogP contribution in [0.1, 0.15) is 40.6 Å². The van der Waals surface area contributed by atoms with E-state index in [4.69, 9.17) is 4.74 Å². The Kier molecular flexibility index (Phi) is 6.43. The zero-order chi connectivity index (χ0) is 21.0. The molecule has 0 bridgehead atoms. The van der Waals surface area contributed by atoms with Gasteiger partial charge in [0.1, 0.15) is 16.3 Å². The van der Waals surface area contributed by atoms with E-state index in [0.29, 0.717) is 27.2 Å². The Balaban J connectivity index is 1.74. The molecule has 0 spiro atoms. The molecule has 1 N–H and O–H groups in total. The maximum Gasteiger partial charge on any atom is 0.348 e. The van der Waals surface area contributed by atoms with Crippen molar-refractivity contribution in [2.45, 2.75) is 33.2 Å². The molecule has 2 heterocycles. The highest BCUT2D eigenvalue weighted by Crippen LogP contribution is 2.27. The van der Waals surface area contributed by atoms with E-state index in [9.17, 15) is 14.4 Å². The quantitative estimate of drug-likeness (QED) is 0.602. The molecule has 7 nitrogen and oxygen atoms in total. The van der Waals surface area contributed by atoms with Gasteiger partial charge in [-0.15, -0.1) is 11.3 Å². The first kappa shape index (κ1) is 20.7. The van der Waals surface area contributed by atoms with Crippen molar-refractivity contribution >= 4 is 33.4 Å². The van der Waals surface area contributed by atoms with Crippen LogP contribution < -0.4 is 10.9 Å². The minimum absolute atomic E-state index is 0.132. The van der Waals surface area contributed by atoms with Crippen LogP contribution >= 0.6 is 11.3 Å². The molecule has 3 aromatic rings. The van der Waals surface area contributed by atoms with Crippen molar-refractivity contribution in [2.24, 2.45) is 0 Å². The molecule has 1 unspecified atom stereocenters. The van der Waals surface area contributed by atoms with Gasteiger partial charge in [-0.1, -0.05) is 37.3 Å². The lowest BCUT2D eigenvalue weighted by Gasteiger charge is -2.13. The van der Waals surface area contributed by atoms with Gasteiger partial charge in [-0.05, 0) is 30.9 Å². The highest BCUT2D eigenvalue weighted by atomic mass is 32.1. The number of benzene rings is 1. The molecule has 1 atom stereocenters. The molecule has 2 aromatic heterocycles. The fourth-order valence-corrected chi connectivity index (χ4v) is 4.07. The standard InChI is InChI=1S/C21H23N3O4S/c1-4-28-21(27)18-14(3)17-19(29-18)23-12-24(20(17)26)11-16(25)22-10-13(2)15-8-6-5-7-9-15/h5-9,12-13H,4,10-11H2,1-3H3,(H,22,25). The van der Waals surface area contributed by atoms with E-state index < -0.39 is 5.97 Å². The van der Waals surface area contributed by atoms with E-state index in [0.717, 1.165) is 16.9 Å². The number of ether oxygens (including phenoxy) is 1. The fourth-order valence-electron chi connectivity index (χ4n) is 3.04. The average Bonchev–Trinajstić information content (AvgIpc) is 3.06. The van der Waals surface area contributed by atoms with Crippen molar-refractivity contribution in [3.8, 4) is 0 Å². The van der Waals surface area contributed by atoms with Gasteiger partial charge in [0, 0.05) is 6.54 Å². The number of carbonyl (C=O) groups excluding carboxylic acids is 2. The predicted octanol–water partition coefficient (Wildman–Crippen LogP) is 2.86. The minimum atomic E-state index is -0.466. The van der Waals surface area contributed by atoms with Crippen molar-refractivity contribution in [2.75, 3.05) is 13.2 Å². The maximum atomic E-state index is 12.8. The second-order valence-corrected chi connectivity index (χ2v) is 7.75. The lowest BCUT2D eigenvalue weighted by molar-refractivity contribution is -0.121. The molecule has 152 valence electrons. The van der Waals surface area contributed by atoms with E-state index in [-0.39, 0.29) is 30.5 Å². The molecule has 29 heavy (non-hydrogen) atoms. The van der Waals surface area contributed by atoms with Crippen LogP contribution in [-0.4, -0.2) is 34.6 Å². The number of hydrogen-bond acceptors (Lipinski definition) is 6. The van der Waals surface area contributed by atoms with Crippen LogP contribution in [0.25, 0.3) is 10.2 Å². The molecule has 1 amide bonds. The Morgan fingerprint density at radius 3 is 2.69 bits per heavy atom. The summed E-state index contributed by atoms with van der Waals surface area (Å²) in [5.41, 5.74) is 1.33. The van der Waals surface area contributed by atoms with Gasteiger partial charge >= 0.3 is 5.97 Å². The van der Waals surface area contributed by atoms with Crippen molar-refractivity contribution in [3.63, 3.8) is 0 Å². The smallest absolute Gasteiger partial charge is 0.348 e. The molecule has 0 aliphatic carbocycles. The second kappa shape index (κ2) is 9.00. The van der Waals surface area contributed by atoms with Gasteiger partial charge < -0.3 is 10.1 Å². The Hall–Kier alpha value is -3.00. The predicted molar refractivity (Wildman–Crippen MR) is 112 cm³/mol. The molecule has 8 heteroatoms. The molecule has 3 rings (SSSR count). The molecular formula is C21H23N3O4S. The maximum absolute atomic E-state index is 12.8. The summed E-state index contributed by atoms with van der Waals surface area (Å²) in [6.07, 6.45) is 1.34. The number of aryl methyl sites for hydroxylation is 1. The van der Waals surface area contributed by atoms with E-state index in [1.807, 2.05) is 37.3 Å². The number of aromatic nitrogens is 2. The van der Waals surface area contributed by atoms with Crippen LogP contribution in [0.4, 0.5) is 0 Å². The number of carbonyl (C=O) groups is 2. The molecule has 0 aliphatic heterocycles. The Morgan fingerprint density at radius 1 is 1.28 bits per heavy atom. The van der Waals surface area contributed by atoms with E-state index in [2.05, 4.69) is 10.3 Å². The second-order valence-electron chi connectivity index (χ2n) is 6.75. The number of fused-ring (bicyclic) bond motifs is 1. The average molecular weight is 413 g/mol. The Bertz CT molecular complexity index is 1090. The van der Waals surface area contributed by atoms with Crippen LogP contribution in [0.5, 0.6) is 0 Å². The van der Waals surface area contributed by atoms with Gasteiger partial charge in [-0.2, -0.15) is 0 Å². The van der Waals surface area contributed by atoms with Gasteiger partial charge in [-0.3, -0.25) is 14.2 Å². The largest absolute Gasteiger partial charge is 0.462 e. The number of thiophene rings is 1. The number of amides is 1. The molecule has 0 radical (unpaired) electrons. The van der Waals surface area contributed by atoms with Gasteiger partial charge in [0.25, 0.3) is 5.56 Å². The summed E-state index contributed by atoms with van der Waals surface area (Å²) in [5.74, 6) is -0.579. The molecule has 0 saturated heterocycles. The number of nitrogens with one attached hydrogen (secondary N) is 1. The molecule has 0 saturated carbocycles. The SMILES string of the molecule is CCOC(=O)c1sc2ncn(CC(=O)NCC(C)c3ccccc3)c(=O)c2c1C. The zero-order valence-electron chi connectivity index (χ0n) is 16.6. The molecule has 1 aromatic carbocycles. The van der Waals surface area contributed by atoms with Crippen LogP contribution in [0.3, 0.4) is 0 Å². The van der Waals surface area contributed by atoms with Gasteiger partial charge in [0.05, 0.1) is 18.3 Å². The minimum Gasteiger partial charge on any atom is -0.462 e.